The van der Waals surface area contributed by atoms with Crippen LogP contribution in [0.3, 0.4) is 0 Å². The van der Waals surface area contributed by atoms with Crippen LogP contribution >= 0.6 is 0 Å². The zero-order valence-corrected chi connectivity index (χ0v) is 19.4. The van der Waals surface area contributed by atoms with Crippen LogP contribution in [0.2, 0.25) is 0 Å². The molecule has 0 saturated carbocycles. The summed E-state index contributed by atoms with van der Waals surface area (Å²) in [5.74, 6) is -5.35. The maximum Gasteiger partial charge on any atom is 0.334 e. The second-order valence-electron chi connectivity index (χ2n) is 7.07. The number of carbonyl (C=O) groups excluding carboxylic acids is 6. The van der Waals surface area contributed by atoms with Gasteiger partial charge in [-0.1, -0.05) is 5.11 Å². The van der Waals surface area contributed by atoms with Crippen molar-refractivity contribution >= 4 is 57.2 Å². The average Bonchev–Trinajstić information content (AvgIpc) is 3.26. The van der Waals surface area contributed by atoms with E-state index in [0.717, 1.165) is 0 Å². The Labute approximate surface area is 197 Å². The van der Waals surface area contributed by atoms with Crippen molar-refractivity contribution in [3.63, 3.8) is 0 Å². The molecule has 2 fully saturated rings. The number of hydrogen-bond acceptors (Lipinski definition) is 11. The first-order valence-electron chi connectivity index (χ1n) is 9.98. The van der Waals surface area contributed by atoms with Gasteiger partial charge >= 0.3 is 11.9 Å². The number of imide groups is 2. The number of carbonyl (C=O) groups is 6. The molecule has 2 aliphatic rings. The van der Waals surface area contributed by atoms with E-state index in [4.69, 9.17) is 5.53 Å². The Morgan fingerprint density at radius 3 is 1.50 bits per heavy atom. The SMILES string of the molecule is [N-]=[N+]=NC(CS(=O)CCC(=O)ON1C(=O)CCC1=O)CS(=O)CCC(=O)ON1C(=O)CCC1=O. The Hall–Kier alpha value is -3.17. The summed E-state index contributed by atoms with van der Waals surface area (Å²) in [6.07, 6.45) is -1.000. The van der Waals surface area contributed by atoms with E-state index in [-0.39, 0.29) is 61.5 Å². The molecule has 2 saturated heterocycles. The molecule has 2 aliphatic heterocycles. The molecule has 17 heteroatoms. The molecular formula is C17H21N5O10S2. The molecule has 0 aromatic rings. The van der Waals surface area contributed by atoms with Crippen LogP contribution in [0, 0.1) is 0 Å². The van der Waals surface area contributed by atoms with Crippen LogP contribution in [0.4, 0.5) is 0 Å². The number of hydrogen-bond donors (Lipinski definition) is 0. The molecule has 0 aromatic carbocycles. The fourth-order valence-corrected chi connectivity index (χ4v) is 5.29. The van der Waals surface area contributed by atoms with E-state index < -0.39 is 63.2 Å². The third-order valence-electron chi connectivity index (χ3n) is 4.44. The molecule has 4 amide bonds. The smallest absolute Gasteiger partial charge is 0.330 e. The molecular weight excluding hydrogens is 498 g/mol. The predicted octanol–water partition coefficient (Wildman–Crippen LogP) is -0.843. The zero-order chi connectivity index (χ0) is 25.3. The largest absolute Gasteiger partial charge is 0.334 e. The van der Waals surface area contributed by atoms with Crippen molar-refractivity contribution in [2.45, 2.75) is 44.6 Å². The highest BCUT2D eigenvalue weighted by atomic mass is 32.2. The van der Waals surface area contributed by atoms with Gasteiger partial charge in [-0.05, 0) is 5.53 Å². The molecule has 2 unspecified atom stereocenters. The van der Waals surface area contributed by atoms with E-state index >= 15 is 0 Å². The number of nitrogens with zero attached hydrogens (tertiary/aromatic N) is 5. The van der Waals surface area contributed by atoms with Gasteiger partial charge in [-0.25, -0.2) is 9.59 Å². The minimum Gasteiger partial charge on any atom is -0.330 e. The second kappa shape index (κ2) is 12.9. The van der Waals surface area contributed by atoms with Crippen molar-refractivity contribution < 1.29 is 46.9 Å². The highest BCUT2D eigenvalue weighted by Crippen LogP contribution is 2.14. The Kier molecular flexibility index (Phi) is 10.3. The van der Waals surface area contributed by atoms with Crippen LogP contribution in [-0.2, 0) is 60.0 Å². The highest BCUT2D eigenvalue weighted by Gasteiger charge is 2.33. The summed E-state index contributed by atoms with van der Waals surface area (Å²) in [6, 6.07) is -0.970. The summed E-state index contributed by atoms with van der Waals surface area (Å²) in [7, 11) is -3.39. The van der Waals surface area contributed by atoms with Gasteiger partial charge in [0, 0.05) is 75.2 Å². The van der Waals surface area contributed by atoms with Gasteiger partial charge in [0.15, 0.2) is 0 Å². The normalized spacial score (nSPS) is 18.5. The molecule has 0 aliphatic carbocycles. The number of rotatable bonds is 13. The average molecular weight is 520 g/mol. The summed E-state index contributed by atoms with van der Waals surface area (Å²) >= 11 is 0. The predicted molar refractivity (Wildman–Crippen MR) is 112 cm³/mol. The lowest BCUT2D eigenvalue weighted by molar-refractivity contribution is -0.197. The lowest BCUT2D eigenvalue weighted by atomic mass is 10.4. The van der Waals surface area contributed by atoms with E-state index in [9.17, 15) is 37.2 Å². The fraction of sp³-hybridized carbons (Fsp3) is 0.647. The van der Waals surface area contributed by atoms with E-state index in [1.54, 1.807) is 0 Å². The lowest BCUT2D eigenvalue weighted by Gasteiger charge is -2.14. The molecule has 2 rings (SSSR count). The van der Waals surface area contributed by atoms with Gasteiger partial charge in [-0.2, -0.15) is 0 Å². The van der Waals surface area contributed by atoms with Crippen molar-refractivity contribution in [2.75, 3.05) is 23.0 Å². The van der Waals surface area contributed by atoms with Gasteiger partial charge in [-0.15, -0.1) is 10.1 Å². The van der Waals surface area contributed by atoms with Gasteiger partial charge in [0.05, 0.1) is 18.9 Å². The van der Waals surface area contributed by atoms with Crippen LogP contribution in [0.15, 0.2) is 5.11 Å². The first-order valence-corrected chi connectivity index (χ1v) is 13.0. The topological polar surface area (TPSA) is 210 Å². The van der Waals surface area contributed by atoms with Gasteiger partial charge < -0.3 is 9.68 Å². The summed E-state index contributed by atoms with van der Waals surface area (Å²) in [5, 5.41) is 4.18. The van der Waals surface area contributed by atoms with Crippen molar-refractivity contribution in [2.24, 2.45) is 5.11 Å². The second-order valence-corrected chi connectivity index (χ2v) is 10.3. The van der Waals surface area contributed by atoms with Gasteiger partial charge in [0.1, 0.15) is 0 Å². The standard InChI is InChI=1S/C17H21N5O10S2/c18-20-19-11(9-33(29)7-5-16(27)31-21-12(23)1-2-13(21)24)10-34(30)8-6-17(28)32-22-14(25)3-4-15(22)26/h11H,1-10H2. The van der Waals surface area contributed by atoms with Gasteiger partial charge in [0.25, 0.3) is 23.6 Å². The maximum atomic E-state index is 12.2. The summed E-state index contributed by atoms with van der Waals surface area (Å²) in [5.41, 5.74) is 8.69. The first-order chi connectivity index (χ1) is 16.1. The maximum absolute atomic E-state index is 12.2. The van der Waals surface area contributed by atoms with Crippen molar-refractivity contribution in [3.05, 3.63) is 10.4 Å². The molecule has 2 atom stereocenters. The van der Waals surface area contributed by atoms with Crippen LogP contribution in [0.25, 0.3) is 10.4 Å². The van der Waals surface area contributed by atoms with E-state index in [0.29, 0.717) is 10.1 Å². The molecule has 15 nitrogen and oxygen atoms in total. The molecule has 0 aromatic heterocycles. The Morgan fingerprint density at radius 2 is 1.18 bits per heavy atom. The Balaban J connectivity index is 1.73. The summed E-state index contributed by atoms with van der Waals surface area (Å²) in [6.45, 7) is 0. The molecule has 0 N–H and O–H groups in total. The Morgan fingerprint density at radius 1 is 0.824 bits per heavy atom. The van der Waals surface area contributed by atoms with E-state index in [1.165, 1.54) is 0 Å². The monoisotopic (exact) mass is 519 g/mol. The quantitative estimate of drug-likeness (QED) is 0.127. The number of hydroxylamine groups is 4. The number of azide groups is 1. The van der Waals surface area contributed by atoms with E-state index in [1.807, 2.05) is 0 Å². The molecule has 186 valence electrons. The highest BCUT2D eigenvalue weighted by molar-refractivity contribution is 7.86. The minimum absolute atomic E-state index is 0.0603. The lowest BCUT2D eigenvalue weighted by Crippen LogP contribution is -2.33. The molecule has 0 spiro atoms. The molecule has 34 heavy (non-hydrogen) atoms. The fourth-order valence-electron chi connectivity index (χ4n) is 2.79. The van der Waals surface area contributed by atoms with Gasteiger partial charge in [0.2, 0.25) is 0 Å². The molecule has 0 bridgehead atoms. The van der Waals surface area contributed by atoms with Crippen molar-refractivity contribution in [1.82, 2.24) is 10.1 Å². The number of amides is 4. The van der Waals surface area contributed by atoms with Crippen LogP contribution < -0.4 is 0 Å². The van der Waals surface area contributed by atoms with Crippen molar-refractivity contribution in [1.29, 1.82) is 0 Å². The summed E-state index contributed by atoms with van der Waals surface area (Å²) < 4.78 is 24.5. The zero-order valence-electron chi connectivity index (χ0n) is 17.8. The molecule has 0 radical (unpaired) electrons. The van der Waals surface area contributed by atoms with E-state index in [2.05, 4.69) is 19.7 Å². The summed E-state index contributed by atoms with van der Waals surface area (Å²) in [4.78, 5) is 81.2. The Bertz CT molecular complexity index is 880. The van der Waals surface area contributed by atoms with Crippen LogP contribution in [0.5, 0.6) is 0 Å². The van der Waals surface area contributed by atoms with Crippen LogP contribution in [-0.4, -0.2) is 83.2 Å². The van der Waals surface area contributed by atoms with Crippen molar-refractivity contribution in [3.8, 4) is 0 Å². The molecule has 2 heterocycles. The van der Waals surface area contributed by atoms with Crippen LogP contribution in [0.1, 0.15) is 38.5 Å². The first kappa shape index (κ1) is 27.1. The third-order valence-corrected chi connectivity index (χ3v) is 7.27. The van der Waals surface area contributed by atoms with Gasteiger partial charge in [-0.3, -0.25) is 27.6 Å². The third kappa shape index (κ3) is 8.31. The minimum atomic E-state index is -1.70.